The third-order valence-electron chi connectivity index (χ3n) is 9.38. The van der Waals surface area contributed by atoms with Crippen LogP contribution in [0.4, 0.5) is 0 Å². The van der Waals surface area contributed by atoms with E-state index >= 15 is 0 Å². The average Bonchev–Trinajstić information content (AvgIpc) is 3.11. The minimum atomic E-state index is -3.71. The number of rotatable bonds is 38. The molecule has 0 fully saturated rings. The SMILES string of the molecule is CCCCCCCCCCCCCCCC(=O)NS(=O)(=O)CCCC(=O)O.CCCCCCCCCCCCCCCC(=O)NS(=O)(=O)CCCC(=O)OC. The molecule has 0 saturated heterocycles. The van der Waals surface area contributed by atoms with Crippen LogP contribution in [0.5, 0.6) is 0 Å². The summed E-state index contributed by atoms with van der Waals surface area (Å²) < 4.78 is 55.3. The van der Waals surface area contributed by atoms with Crippen LogP contribution in [0, 0.1) is 0 Å². The molecule has 0 bridgehead atoms. The molecule has 0 aromatic heterocycles. The standard InChI is InChI=1S/C21H41NO5S.C20H39NO5S/c1-3-4-5-6-7-8-9-10-11-12-13-14-15-17-20(23)22-28(25,26)19-16-18-21(24)27-2;1-2-3-4-5-6-7-8-9-10-11-12-13-14-16-19(22)21-27(25,26)18-15-17-20(23)24/h3-19H2,1-2H3,(H,22,23);2-18H2,1H3,(H,21,22)(H,23,24). The van der Waals surface area contributed by atoms with Gasteiger partial charge in [0.25, 0.3) is 0 Å². The van der Waals surface area contributed by atoms with Crippen LogP contribution in [0.3, 0.4) is 0 Å². The Balaban J connectivity index is 0. The molecule has 0 atom stereocenters. The first-order chi connectivity index (χ1) is 26.3. The van der Waals surface area contributed by atoms with E-state index in [-0.39, 0.29) is 50.0 Å². The first-order valence-corrected chi connectivity index (χ1v) is 24.9. The molecular formula is C41H80N2O10S2. The molecule has 0 heterocycles. The maximum Gasteiger partial charge on any atom is 0.305 e. The summed E-state index contributed by atoms with van der Waals surface area (Å²) in [5, 5.41) is 8.50. The number of unbranched alkanes of at least 4 members (excludes halogenated alkanes) is 24. The van der Waals surface area contributed by atoms with Gasteiger partial charge < -0.3 is 9.84 Å². The summed E-state index contributed by atoms with van der Waals surface area (Å²) in [7, 11) is -6.11. The van der Waals surface area contributed by atoms with Crippen LogP contribution in [-0.4, -0.2) is 64.3 Å². The second kappa shape index (κ2) is 38.6. The topological polar surface area (TPSA) is 190 Å². The second-order valence-corrected chi connectivity index (χ2v) is 18.5. The van der Waals surface area contributed by atoms with Crippen LogP contribution in [-0.2, 0) is 44.0 Å². The number of methoxy groups -OCH3 is 1. The van der Waals surface area contributed by atoms with Crippen molar-refractivity contribution in [3.05, 3.63) is 0 Å². The molecule has 0 radical (unpaired) electrons. The van der Waals surface area contributed by atoms with Crippen LogP contribution < -0.4 is 9.44 Å². The summed E-state index contributed by atoms with van der Waals surface area (Å²) >= 11 is 0. The average molecular weight is 825 g/mol. The Morgan fingerprint density at radius 2 is 0.691 bits per heavy atom. The third-order valence-corrected chi connectivity index (χ3v) is 12.1. The highest BCUT2D eigenvalue weighted by Gasteiger charge is 2.16. The Kier molecular flexibility index (Phi) is 38.6. The van der Waals surface area contributed by atoms with E-state index in [4.69, 9.17) is 5.11 Å². The van der Waals surface area contributed by atoms with Crippen molar-refractivity contribution >= 4 is 43.8 Å². The number of carboxylic acids is 1. The Morgan fingerprint density at radius 3 is 0.964 bits per heavy atom. The van der Waals surface area contributed by atoms with Crippen molar-refractivity contribution in [3.63, 3.8) is 0 Å². The second-order valence-electron chi connectivity index (χ2n) is 14.9. The number of carbonyl (C=O) groups is 4. The number of esters is 1. The van der Waals surface area contributed by atoms with Gasteiger partial charge in [0.1, 0.15) is 0 Å². The molecule has 2 amide bonds. The molecule has 0 spiro atoms. The quantitative estimate of drug-likeness (QED) is 0.0399. The van der Waals surface area contributed by atoms with E-state index in [1.807, 2.05) is 4.72 Å². The van der Waals surface area contributed by atoms with Crippen molar-refractivity contribution in [3.8, 4) is 0 Å². The maximum atomic E-state index is 11.8. The Bertz CT molecular complexity index is 1180. The van der Waals surface area contributed by atoms with Gasteiger partial charge in [-0.1, -0.05) is 168 Å². The predicted octanol–water partition coefficient (Wildman–Crippen LogP) is 9.65. The number of hydrogen-bond donors (Lipinski definition) is 3. The zero-order valence-electron chi connectivity index (χ0n) is 35.0. The highest BCUT2D eigenvalue weighted by Crippen LogP contribution is 2.14. The Labute approximate surface area is 336 Å². The molecule has 12 nitrogen and oxygen atoms in total. The van der Waals surface area contributed by atoms with Gasteiger partial charge in [0.05, 0.1) is 18.6 Å². The summed E-state index contributed by atoms with van der Waals surface area (Å²) in [6.45, 7) is 4.48. The molecule has 0 aliphatic rings. The van der Waals surface area contributed by atoms with Gasteiger partial charge in [-0.2, -0.15) is 0 Å². The van der Waals surface area contributed by atoms with Crippen molar-refractivity contribution in [2.45, 2.75) is 219 Å². The normalized spacial score (nSPS) is 11.4. The molecule has 0 aliphatic heterocycles. The summed E-state index contributed by atoms with van der Waals surface area (Å²) in [6, 6.07) is 0. The van der Waals surface area contributed by atoms with Gasteiger partial charge in [0.15, 0.2) is 0 Å². The van der Waals surface area contributed by atoms with Gasteiger partial charge in [-0.25, -0.2) is 16.8 Å². The van der Waals surface area contributed by atoms with Crippen molar-refractivity contribution in [1.29, 1.82) is 0 Å². The van der Waals surface area contributed by atoms with Gasteiger partial charge >= 0.3 is 11.9 Å². The zero-order valence-corrected chi connectivity index (χ0v) is 36.6. The number of amides is 2. The molecule has 3 N–H and O–H groups in total. The van der Waals surface area contributed by atoms with Crippen molar-refractivity contribution in [2.24, 2.45) is 0 Å². The first-order valence-electron chi connectivity index (χ1n) is 21.6. The van der Waals surface area contributed by atoms with Crippen LogP contribution in [0.15, 0.2) is 0 Å². The minimum absolute atomic E-state index is 0.0106. The number of nitrogens with one attached hydrogen (secondary N) is 2. The van der Waals surface area contributed by atoms with E-state index in [0.717, 1.165) is 25.7 Å². The maximum absolute atomic E-state index is 11.8. The van der Waals surface area contributed by atoms with E-state index in [1.165, 1.54) is 136 Å². The number of hydrogen-bond acceptors (Lipinski definition) is 9. The van der Waals surface area contributed by atoms with Crippen LogP contribution in [0.2, 0.25) is 0 Å². The first kappa shape index (κ1) is 54.9. The molecule has 0 rings (SSSR count). The lowest BCUT2D eigenvalue weighted by Gasteiger charge is -2.07. The zero-order chi connectivity index (χ0) is 41.5. The number of sulfonamides is 2. The highest BCUT2D eigenvalue weighted by atomic mass is 32.2. The third kappa shape index (κ3) is 44.4. The summed E-state index contributed by atoms with van der Waals surface area (Å²) in [5.74, 6) is -3.01. The molecular weight excluding hydrogens is 745 g/mol. The van der Waals surface area contributed by atoms with Crippen LogP contribution >= 0.6 is 0 Å². The van der Waals surface area contributed by atoms with E-state index < -0.39 is 43.8 Å². The predicted molar refractivity (Wildman–Crippen MR) is 223 cm³/mol. The monoisotopic (exact) mass is 825 g/mol. The Hall–Kier alpha value is -2.22. The fraction of sp³-hybridized carbons (Fsp3) is 0.902. The van der Waals surface area contributed by atoms with Crippen molar-refractivity contribution in [1.82, 2.24) is 9.44 Å². The van der Waals surface area contributed by atoms with E-state index in [0.29, 0.717) is 12.8 Å². The lowest BCUT2D eigenvalue weighted by molar-refractivity contribution is -0.140. The summed E-state index contributed by atoms with van der Waals surface area (Å²) in [4.78, 5) is 44.7. The van der Waals surface area contributed by atoms with E-state index in [9.17, 15) is 36.0 Å². The number of carbonyl (C=O) groups excluding carboxylic acids is 3. The van der Waals surface area contributed by atoms with Crippen LogP contribution in [0.1, 0.15) is 219 Å². The fourth-order valence-corrected chi connectivity index (χ4v) is 8.23. The number of ether oxygens (including phenoxy) is 1. The lowest BCUT2D eigenvalue weighted by Crippen LogP contribution is -2.32. The molecule has 0 aromatic carbocycles. The molecule has 0 unspecified atom stereocenters. The number of carboxylic acid groups (broad SMARTS) is 1. The molecule has 326 valence electrons. The van der Waals surface area contributed by atoms with Crippen molar-refractivity contribution < 1.29 is 45.9 Å². The minimum Gasteiger partial charge on any atom is -0.481 e. The molecule has 0 aromatic rings. The van der Waals surface area contributed by atoms with Gasteiger partial charge in [0, 0.05) is 25.7 Å². The molecule has 14 heteroatoms. The molecule has 0 aliphatic carbocycles. The van der Waals surface area contributed by atoms with E-state index in [2.05, 4.69) is 23.3 Å². The van der Waals surface area contributed by atoms with Gasteiger partial charge in [-0.15, -0.1) is 0 Å². The van der Waals surface area contributed by atoms with Gasteiger partial charge in [-0.05, 0) is 25.7 Å². The highest BCUT2D eigenvalue weighted by molar-refractivity contribution is 7.90. The Morgan fingerprint density at radius 1 is 0.418 bits per heavy atom. The van der Waals surface area contributed by atoms with Gasteiger partial charge in [0.2, 0.25) is 31.9 Å². The lowest BCUT2D eigenvalue weighted by atomic mass is 10.0. The summed E-state index contributed by atoms with van der Waals surface area (Å²) in [6.07, 6.45) is 32.1. The van der Waals surface area contributed by atoms with Gasteiger partial charge in [-0.3, -0.25) is 28.6 Å². The fourth-order valence-electron chi connectivity index (χ4n) is 6.08. The smallest absolute Gasteiger partial charge is 0.305 e. The summed E-state index contributed by atoms with van der Waals surface area (Å²) in [5.41, 5.74) is 0. The van der Waals surface area contributed by atoms with Crippen LogP contribution in [0.25, 0.3) is 0 Å². The molecule has 0 saturated carbocycles. The molecule has 55 heavy (non-hydrogen) atoms. The largest absolute Gasteiger partial charge is 0.481 e. The number of aliphatic carboxylic acids is 1. The van der Waals surface area contributed by atoms with E-state index in [1.54, 1.807) is 0 Å². The van der Waals surface area contributed by atoms with Crippen molar-refractivity contribution in [2.75, 3.05) is 18.6 Å².